The number of nitrogens with one attached hydrogen (secondary N) is 1. The van der Waals surface area contributed by atoms with Crippen molar-refractivity contribution in [3.8, 4) is 5.75 Å². The molecular weight excluding hydrogens is 242 g/mol. The molecule has 100 valence electrons. The average Bonchev–Trinajstić information content (AvgIpc) is 2.35. The molecule has 1 aromatic carbocycles. The summed E-state index contributed by atoms with van der Waals surface area (Å²) in [5, 5.41) is 2.71. The Labute approximate surface area is 104 Å². The van der Waals surface area contributed by atoms with Crippen molar-refractivity contribution in [3.63, 3.8) is 0 Å². The first-order chi connectivity index (χ1) is 8.61. The quantitative estimate of drug-likeness (QED) is 0.781. The maximum atomic E-state index is 11.9. The van der Waals surface area contributed by atoms with Gasteiger partial charge in [0, 0.05) is 13.0 Å². The van der Waals surface area contributed by atoms with Crippen LogP contribution in [0.3, 0.4) is 0 Å². The molecule has 0 unspecified atom stereocenters. The van der Waals surface area contributed by atoms with E-state index in [0.717, 1.165) is 5.56 Å². The topological polar surface area (TPSA) is 64.4 Å². The van der Waals surface area contributed by atoms with Crippen LogP contribution in [0.1, 0.15) is 18.4 Å². The molecule has 4 nitrogen and oxygen atoms in total. The molecule has 0 aliphatic carbocycles. The maximum absolute atomic E-state index is 11.9. The molecule has 0 atom stereocenters. The van der Waals surface area contributed by atoms with E-state index in [9.17, 15) is 13.6 Å². The minimum atomic E-state index is -2.83. The minimum Gasteiger partial charge on any atom is -0.435 e. The first-order valence-corrected chi connectivity index (χ1v) is 5.62. The molecule has 1 amide bonds. The molecule has 1 rings (SSSR count). The lowest BCUT2D eigenvalue weighted by Gasteiger charge is -2.07. The van der Waals surface area contributed by atoms with Crippen LogP contribution in [0.2, 0.25) is 0 Å². The highest BCUT2D eigenvalue weighted by molar-refractivity contribution is 5.75. The summed E-state index contributed by atoms with van der Waals surface area (Å²) in [5.74, 6) is 0.0246. The van der Waals surface area contributed by atoms with Crippen LogP contribution in [0.4, 0.5) is 8.78 Å². The Kier molecular flexibility index (Phi) is 6.07. The molecule has 0 aliphatic heterocycles. The van der Waals surface area contributed by atoms with Crippen LogP contribution in [0, 0.1) is 0 Å². The predicted molar refractivity (Wildman–Crippen MR) is 63.2 cm³/mol. The van der Waals surface area contributed by atoms with Gasteiger partial charge in [0.05, 0.1) is 0 Å². The molecule has 0 fully saturated rings. The molecule has 1 aromatic rings. The zero-order valence-corrected chi connectivity index (χ0v) is 9.86. The molecule has 0 radical (unpaired) electrons. The van der Waals surface area contributed by atoms with Gasteiger partial charge in [0.25, 0.3) is 0 Å². The first kappa shape index (κ1) is 14.4. The Morgan fingerprint density at radius 2 is 2.00 bits per heavy atom. The summed E-state index contributed by atoms with van der Waals surface area (Å²) in [4.78, 5) is 11.3. The van der Waals surface area contributed by atoms with E-state index < -0.39 is 6.61 Å². The van der Waals surface area contributed by atoms with Crippen molar-refractivity contribution in [2.75, 3.05) is 6.54 Å². The summed E-state index contributed by atoms with van der Waals surface area (Å²) in [6.45, 7) is -1.99. The van der Waals surface area contributed by atoms with E-state index >= 15 is 0 Å². The Balaban J connectivity index is 2.37. The van der Waals surface area contributed by atoms with Gasteiger partial charge in [0.15, 0.2) is 0 Å². The molecule has 0 aliphatic rings. The molecule has 0 bridgehead atoms. The Morgan fingerprint density at radius 3 is 2.56 bits per heavy atom. The van der Waals surface area contributed by atoms with Gasteiger partial charge in [0.2, 0.25) is 5.91 Å². The van der Waals surface area contributed by atoms with E-state index in [0.29, 0.717) is 25.9 Å². The van der Waals surface area contributed by atoms with Gasteiger partial charge in [-0.2, -0.15) is 8.78 Å². The highest BCUT2D eigenvalue weighted by atomic mass is 19.3. The van der Waals surface area contributed by atoms with Crippen LogP contribution in [0.15, 0.2) is 24.3 Å². The fourth-order valence-corrected chi connectivity index (χ4v) is 1.34. The molecular formula is C12H16F2N2O2. The molecule has 0 saturated carbocycles. The van der Waals surface area contributed by atoms with Gasteiger partial charge < -0.3 is 15.8 Å². The lowest BCUT2D eigenvalue weighted by Crippen LogP contribution is -2.23. The standard InChI is InChI=1S/C12H16F2N2O2/c13-12(14)18-10-5-3-9(4-6-10)8-16-11(17)2-1-7-15/h3-6,12H,1-2,7-8,15H2,(H,16,17). The number of rotatable bonds is 7. The van der Waals surface area contributed by atoms with E-state index in [4.69, 9.17) is 5.73 Å². The Morgan fingerprint density at radius 1 is 1.33 bits per heavy atom. The number of carbonyl (C=O) groups is 1. The summed E-state index contributed by atoms with van der Waals surface area (Å²) < 4.78 is 28.0. The van der Waals surface area contributed by atoms with E-state index in [2.05, 4.69) is 10.1 Å². The third-order valence-corrected chi connectivity index (χ3v) is 2.25. The Hall–Kier alpha value is -1.69. The zero-order valence-electron chi connectivity index (χ0n) is 9.86. The van der Waals surface area contributed by atoms with Crippen LogP contribution in [-0.2, 0) is 11.3 Å². The van der Waals surface area contributed by atoms with E-state index in [-0.39, 0.29) is 11.7 Å². The number of amides is 1. The number of benzene rings is 1. The predicted octanol–water partition coefficient (Wildman–Crippen LogP) is 1.64. The molecule has 0 saturated heterocycles. The van der Waals surface area contributed by atoms with E-state index in [1.807, 2.05) is 0 Å². The van der Waals surface area contributed by atoms with Crippen molar-refractivity contribution in [1.29, 1.82) is 0 Å². The second kappa shape index (κ2) is 7.60. The number of hydrogen-bond acceptors (Lipinski definition) is 3. The van der Waals surface area contributed by atoms with Crippen LogP contribution in [0.5, 0.6) is 5.75 Å². The molecule has 0 aromatic heterocycles. The summed E-state index contributed by atoms with van der Waals surface area (Å²) >= 11 is 0. The van der Waals surface area contributed by atoms with E-state index in [1.54, 1.807) is 12.1 Å². The van der Waals surface area contributed by atoms with Crippen LogP contribution in [0.25, 0.3) is 0 Å². The van der Waals surface area contributed by atoms with Crippen LogP contribution in [-0.4, -0.2) is 19.1 Å². The number of alkyl halides is 2. The molecule has 0 heterocycles. The lowest BCUT2D eigenvalue weighted by molar-refractivity contribution is -0.121. The SMILES string of the molecule is NCCCC(=O)NCc1ccc(OC(F)F)cc1. The highest BCUT2D eigenvalue weighted by Gasteiger charge is 2.04. The highest BCUT2D eigenvalue weighted by Crippen LogP contribution is 2.14. The number of halogens is 2. The van der Waals surface area contributed by atoms with Gasteiger partial charge in [-0.15, -0.1) is 0 Å². The maximum Gasteiger partial charge on any atom is 0.387 e. The molecule has 18 heavy (non-hydrogen) atoms. The number of carbonyl (C=O) groups excluding carboxylic acids is 1. The van der Waals surface area contributed by atoms with Crippen molar-refractivity contribution in [3.05, 3.63) is 29.8 Å². The van der Waals surface area contributed by atoms with Gasteiger partial charge in [-0.25, -0.2) is 0 Å². The summed E-state index contributed by atoms with van der Waals surface area (Å²) in [6, 6.07) is 6.13. The van der Waals surface area contributed by atoms with Gasteiger partial charge in [0.1, 0.15) is 5.75 Å². The second-order valence-electron chi connectivity index (χ2n) is 3.69. The molecule has 6 heteroatoms. The summed E-state index contributed by atoms with van der Waals surface area (Å²) in [6.07, 6.45) is 1.04. The van der Waals surface area contributed by atoms with Crippen molar-refractivity contribution in [2.24, 2.45) is 5.73 Å². The largest absolute Gasteiger partial charge is 0.435 e. The zero-order chi connectivity index (χ0) is 13.4. The second-order valence-corrected chi connectivity index (χ2v) is 3.69. The normalized spacial score (nSPS) is 10.4. The number of hydrogen-bond donors (Lipinski definition) is 2. The van der Waals surface area contributed by atoms with Crippen LogP contribution >= 0.6 is 0 Å². The van der Waals surface area contributed by atoms with E-state index in [1.165, 1.54) is 12.1 Å². The van der Waals surface area contributed by atoms with Gasteiger partial charge in [-0.1, -0.05) is 12.1 Å². The average molecular weight is 258 g/mol. The smallest absolute Gasteiger partial charge is 0.387 e. The first-order valence-electron chi connectivity index (χ1n) is 5.62. The van der Waals surface area contributed by atoms with Gasteiger partial charge in [-0.05, 0) is 30.7 Å². The molecule has 3 N–H and O–H groups in total. The monoisotopic (exact) mass is 258 g/mol. The fourth-order valence-electron chi connectivity index (χ4n) is 1.34. The Bertz CT molecular complexity index is 369. The summed E-state index contributed by atoms with van der Waals surface area (Å²) in [5.41, 5.74) is 6.10. The minimum absolute atomic E-state index is 0.0756. The van der Waals surface area contributed by atoms with Gasteiger partial charge in [-0.3, -0.25) is 4.79 Å². The fraction of sp³-hybridized carbons (Fsp3) is 0.417. The number of nitrogens with two attached hydrogens (primary N) is 1. The van der Waals surface area contributed by atoms with Crippen molar-refractivity contribution < 1.29 is 18.3 Å². The molecule has 0 spiro atoms. The van der Waals surface area contributed by atoms with Crippen molar-refractivity contribution >= 4 is 5.91 Å². The van der Waals surface area contributed by atoms with Crippen molar-refractivity contribution in [2.45, 2.75) is 26.0 Å². The van der Waals surface area contributed by atoms with Crippen LogP contribution < -0.4 is 15.8 Å². The van der Waals surface area contributed by atoms with Crippen molar-refractivity contribution in [1.82, 2.24) is 5.32 Å². The third-order valence-electron chi connectivity index (χ3n) is 2.25. The number of ether oxygens (including phenoxy) is 1. The third kappa shape index (κ3) is 5.58. The van der Waals surface area contributed by atoms with Gasteiger partial charge >= 0.3 is 6.61 Å². The summed E-state index contributed by atoms with van der Waals surface area (Å²) in [7, 11) is 0. The lowest BCUT2D eigenvalue weighted by atomic mass is 10.2.